The number of benzene rings is 2. The van der Waals surface area contributed by atoms with E-state index in [1.165, 1.54) is 0 Å². The lowest BCUT2D eigenvalue weighted by atomic mass is 10.2. The van der Waals surface area contributed by atoms with Gasteiger partial charge in [0.2, 0.25) is 0 Å². The van der Waals surface area contributed by atoms with Crippen molar-refractivity contribution in [3.63, 3.8) is 0 Å². The summed E-state index contributed by atoms with van der Waals surface area (Å²) < 4.78 is 9.02. The van der Waals surface area contributed by atoms with Crippen molar-refractivity contribution in [2.45, 2.75) is 20.2 Å². The second-order valence-electron chi connectivity index (χ2n) is 6.79. The predicted octanol–water partition coefficient (Wildman–Crippen LogP) is 4.38. The Bertz CT molecular complexity index is 1150. The average molecular weight is 422 g/mol. The number of anilines is 1. The minimum Gasteiger partial charge on any atom is -0.471 e. The topological polar surface area (TPSA) is 74.0 Å². The van der Waals surface area contributed by atoms with Crippen LogP contribution in [0.25, 0.3) is 0 Å². The van der Waals surface area contributed by atoms with E-state index in [9.17, 15) is 4.79 Å². The third-order valence-electron chi connectivity index (χ3n) is 4.44. The van der Waals surface area contributed by atoms with Crippen LogP contribution in [-0.4, -0.2) is 25.5 Å². The molecule has 0 atom stereocenters. The normalized spacial score (nSPS) is 10.7. The summed E-state index contributed by atoms with van der Waals surface area (Å²) in [5, 5.41) is 12.0. The highest BCUT2D eigenvalue weighted by atomic mass is 35.5. The van der Waals surface area contributed by atoms with E-state index in [4.69, 9.17) is 16.3 Å². The molecular weight excluding hydrogens is 402 g/mol. The quantitative estimate of drug-likeness (QED) is 0.480. The van der Waals surface area contributed by atoms with Crippen LogP contribution in [0.15, 0.2) is 73.2 Å². The highest BCUT2D eigenvalue weighted by Crippen LogP contribution is 2.21. The molecule has 0 unspecified atom stereocenters. The van der Waals surface area contributed by atoms with E-state index in [1.807, 2.05) is 43.3 Å². The standard InChI is InChI=1S/C22H20ClN5O2/c1-16-11-19(7-8-20(16)23)30-15-27-10-9-21(26-27)22(29)25-18-12-24-28(14-18)13-17-5-3-2-4-6-17/h2-12,14H,13,15H2,1H3,(H,25,29). The van der Waals surface area contributed by atoms with Gasteiger partial charge in [0.15, 0.2) is 12.4 Å². The molecule has 0 radical (unpaired) electrons. The Labute approximate surface area is 178 Å². The summed E-state index contributed by atoms with van der Waals surface area (Å²) in [5.41, 5.74) is 2.97. The number of carbonyl (C=O) groups excluding carboxylic acids is 1. The van der Waals surface area contributed by atoms with Crippen LogP contribution in [0.4, 0.5) is 5.69 Å². The predicted molar refractivity (Wildman–Crippen MR) is 115 cm³/mol. The van der Waals surface area contributed by atoms with Crippen LogP contribution in [-0.2, 0) is 13.3 Å². The van der Waals surface area contributed by atoms with Gasteiger partial charge in [0.05, 0.1) is 18.4 Å². The van der Waals surface area contributed by atoms with Crippen molar-refractivity contribution in [1.29, 1.82) is 0 Å². The minimum absolute atomic E-state index is 0.184. The molecular formula is C22H20ClN5O2. The zero-order valence-electron chi connectivity index (χ0n) is 16.3. The molecule has 2 aromatic heterocycles. The van der Waals surface area contributed by atoms with Crippen LogP contribution in [0.3, 0.4) is 0 Å². The van der Waals surface area contributed by atoms with Gasteiger partial charge >= 0.3 is 0 Å². The number of hydrogen-bond donors (Lipinski definition) is 1. The number of ether oxygens (including phenoxy) is 1. The summed E-state index contributed by atoms with van der Waals surface area (Å²) in [6, 6.07) is 17.1. The second kappa shape index (κ2) is 8.84. The first-order valence-electron chi connectivity index (χ1n) is 9.37. The van der Waals surface area contributed by atoms with Gasteiger partial charge in [0, 0.05) is 17.4 Å². The molecule has 7 nitrogen and oxygen atoms in total. The van der Waals surface area contributed by atoms with Crippen molar-refractivity contribution >= 4 is 23.2 Å². The van der Waals surface area contributed by atoms with E-state index >= 15 is 0 Å². The summed E-state index contributed by atoms with van der Waals surface area (Å²) in [5.74, 6) is 0.375. The van der Waals surface area contributed by atoms with Gasteiger partial charge in [-0.1, -0.05) is 41.9 Å². The van der Waals surface area contributed by atoms with Gasteiger partial charge in [-0.3, -0.25) is 9.48 Å². The van der Waals surface area contributed by atoms with Gasteiger partial charge in [0.25, 0.3) is 5.91 Å². The lowest BCUT2D eigenvalue weighted by Crippen LogP contribution is -2.14. The summed E-state index contributed by atoms with van der Waals surface area (Å²) >= 11 is 6.02. The van der Waals surface area contributed by atoms with Crippen molar-refractivity contribution in [2.75, 3.05) is 5.32 Å². The third kappa shape index (κ3) is 4.87. The molecule has 1 N–H and O–H groups in total. The molecule has 0 aliphatic heterocycles. The zero-order chi connectivity index (χ0) is 20.9. The molecule has 0 fully saturated rings. The number of nitrogens with one attached hydrogen (secondary N) is 1. The monoisotopic (exact) mass is 421 g/mol. The van der Waals surface area contributed by atoms with Crippen molar-refractivity contribution < 1.29 is 9.53 Å². The molecule has 0 spiro atoms. The summed E-state index contributed by atoms with van der Waals surface area (Å²) in [4.78, 5) is 12.5. The van der Waals surface area contributed by atoms with Crippen molar-refractivity contribution in [2.24, 2.45) is 0 Å². The maximum Gasteiger partial charge on any atom is 0.276 e. The van der Waals surface area contributed by atoms with Crippen LogP contribution in [0, 0.1) is 6.92 Å². The van der Waals surface area contributed by atoms with Crippen LogP contribution in [0.2, 0.25) is 5.02 Å². The molecule has 0 aliphatic rings. The number of rotatable bonds is 7. The second-order valence-corrected chi connectivity index (χ2v) is 7.20. The van der Waals surface area contributed by atoms with Crippen molar-refractivity contribution in [1.82, 2.24) is 19.6 Å². The summed E-state index contributed by atoms with van der Waals surface area (Å²) in [7, 11) is 0. The largest absolute Gasteiger partial charge is 0.471 e. The number of aryl methyl sites for hydroxylation is 1. The number of halogens is 1. The average Bonchev–Trinajstić information content (AvgIpc) is 3.39. The fourth-order valence-corrected chi connectivity index (χ4v) is 3.00. The molecule has 2 aromatic carbocycles. The van der Waals surface area contributed by atoms with E-state index in [-0.39, 0.29) is 12.6 Å². The third-order valence-corrected chi connectivity index (χ3v) is 4.87. The Kier molecular flexibility index (Phi) is 5.81. The van der Waals surface area contributed by atoms with Gasteiger partial charge in [-0.2, -0.15) is 10.2 Å². The lowest BCUT2D eigenvalue weighted by Gasteiger charge is -2.07. The summed E-state index contributed by atoms with van der Waals surface area (Å²) in [6.45, 7) is 2.73. The highest BCUT2D eigenvalue weighted by molar-refractivity contribution is 6.31. The van der Waals surface area contributed by atoms with Crippen molar-refractivity contribution in [3.05, 3.63) is 95.0 Å². The first-order valence-corrected chi connectivity index (χ1v) is 9.75. The lowest BCUT2D eigenvalue weighted by molar-refractivity contribution is 0.102. The maximum atomic E-state index is 12.5. The fraction of sp³-hybridized carbons (Fsp3) is 0.136. The molecule has 0 aliphatic carbocycles. The van der Waals surface area contributed by atoms with Gasteiger partial charge in [-0.05, 0) is 42.3 Å². The minimum atomic E-state index is -0.310. The summed E-state index contributed by atoms with van der Waals surface area (Å²) in [6.07, 6.45) is 5.09. The fourth-order valence-electron chi connectivity index (χ4n) is 2.88. The Morgan fingerprint density at radius 1 is 1.13 bits per heavy atom. The molecule has 152 valence electrons. The van der Waals surface area contributed by atoms with Crippen LogP contribution in [0.5, 0.6) is 5.75 Å². The van der Waals surface area contributed by atoms with Gasteiger partial charge < -0.3 is 10.1 Å². The number of amides is 1. The molecule has 4 aromatic rings. The Balaban J connectivity index is 1.33. The van der Waals surface area contributed by atoms with E-state index in [1.54, 1.807) is 46.2 Å². The van der Waals surface area contributed by atoms with E-state index in [0.29, 0.717) is 28.7 Å². The molecule has 8 heteroatoms. The molecule has 0 saturated heterocycles. The van der Waals surface area contributed by atoms with Gasteiger partial charge in [-0.15, -0.1) is 0 Å². The molecule has 0 saturated carbocycles. The number of hydrogen-bond acceptors (Lipinski definition) is 4. The zero-order valence-corrected chi connectivity index (χ0v) is 17.1. The van der Waals surface area contributed by atoms with E-state index in [2.05, 4.69) is 15.5 Å². The Morgan fingerprint density at radius 2 is 1.97 bits per heavy atom. The maximum absolute atomic E-state index is 12.5. The highest BCUT2D eigenvalue weighted by Gasteiger charge is 2.11. The SMILES string of the molecule is Cc1cc(OCn2ccc(C(=O)Nc3cnn(Cc4ccccc4)c3)n2)ccc1Cl. The van der Waals surface area contributed by atoms with E-state index < -0.39 is 0 Å². The molecule has 0 bridgehead atoms. The first kappa shape index (κ1) is 19.7. The molecule has 4 rings (SSSR count). The van der Waals surface area contributed by atoms with Crippen LogP contribution < -0.4 is 10.1 Å². The van der Waals surface area contributed by atoms with Crippen LogP contribution in [0.1, 0.15) is 21.6 Å². The van der Waals surface area contributed by atoms with E-state index in [0.717, 1.165) is 11.1 Å². The van der Waals surface area contributed by atoms with Crippen molar-refractivity contribution in [3.8, 4) is 5.75 Å². The molecule has 2 heterocycles. The number of aromatic nitrogens is 4. The first-order chi connectivity index (χ1) is 14.6. The van der Waals surface area contributed by atoms with Gasteiger partial charge in [0.1, 0.15) is 5.75 Å². The van der Waals surface area contributed by atoms with Crippen LogP contribution >= 0.6 is 11.6 Å². The Morgan fingerprint density at radius 3 is 2.77 bits per heavy atom. The smallest absolute Gasteiger partial charge is 0.276 e. The number of carbonyl (C=O) groups is 1. The molecule has 30 heavy (non-hydrogen) atoms. The number of nitrogens with zero attached hydrogens (tertiary/aromatic N) is 4. The molecule has 1 amide bonds. The Hall–Kier alpha value is -3.58. The van der Waals surface area contributed by atoms with Gasteiger partial charge in [-0.25, -0.2) is 4.68 Å².